The van der Waals surface area contributed by atoms with Gasteiger partial charge < -0.3 is 0 Å². The molecule has 0 radical (unpaired) electrons. The zero-order valence-corrected chi connectivity index (χ0v) is 18.1. The number of nitrogens with zero attached hydrogens (tertiary/aromatic N) is 1. The van der Waals surface area contributed by atoms with E-state index < -0.39 is 0 Å². The molecule has 1 N–H and O–H groups in total. The Hall–Kier alpha value is -2.72. The highest BCUT2D eigenvalue weighted by Crippen LogP contribution is 2.59. The molecule has 1 unspecified atom stereocenters. The quantitative estimate of drug-likeness (QED) is 0.406. The van der Waals surface area contributed by atoms with Gasteiger partial charge in [0, 0.05) is 9.89 Å². The first-order chi connectivity index (χ1) is 14.0. The molecule has 1 aliphatic rings. The van der Waals surface area contributed by atoms with Crippen LogP contribution in [0, 0.1) is 19.8 Å². The predicted octanol–water partition coefficient (Wildman–Crippen LogP) is 5.52. The summed E-state index contributed by atoms with van der Waals surface area (Å²) in [5, 5.41) is 4.19. The number of benzene rings is 3. The molecule has 3 aromatic rings. The first kappa shape index (κ1) is 19.6. The Kier molecular flexibility index (Phi) is 5.37. The zero-order valence-electron chi connectivity index (χ0n) is 16.5. The van der Waals surface area contributed by atoms with Gasteiger partial charge in [0.1, 0.15) is 0 Å². The molecule has 3 nitrogen and oxygen atoms in total. The van der Waals surface area contributed by atoms with Crippen LogP contribution in [0.25, 0.3) is 0 Å². The molecule has 1 fully saturated rings. The molecular formula is C25H23BrN2O. The molecule has 0 bridgehead atoms. The largest absolute Gasteiger partial charge is 0.273 e. The van der Waals surface area contributed by atoms with Crippen molar-refractivity contribution in [3.63, 3.8) is 0 Å². The molecule has 1 amide bonds. The Balaban J connectivity index is 1.59. The second-order valence-electron chi connectivity index (χ2n) is 7.76. The number of amides is 1. The minimum atomic E-state index is -0.284. The lowest BCUT2D eigenvalue weighted by Crippen LogP contribution is -2.25. The van der Waals surface area contributed by atoms with Gasteiger partial charge in [0.2, 0.25) is 5.91 Å². The topological polar surface area (TPSA) is 41.5 Å². The molecule has 1 aliphatic carbocycles. The van der Waals surface area contributed by atoms with E-state index >= 15 is 0 Å². The Bertz CT molecular complexity index is 1040. The summed E-state index contributed by atoms with van der Waals surface area (Å²) in [6.07, 6.45) is 2.46. The van der Waals surface area contributed by atoms with Crippen molar-refractivity contribution < 1.29 is 4.79 Å². The van der Waals surface area contributed by atoms with Crippen molar-refractivity contribution in [3.8, 4) is 0 Å². The molecule has 1 saturated carbocycles. The van der Waals surface area contributed by atoms with E-state index in [0.29, 0.717) is 0 Å². The lowest BCUT2D eigenvalue weighted by Gasteiger charge is -2.19. The standard InChI is InChI=1S/C25H23BrN2O/c1-17-6-3-9-20(12-17)25(21-10-4-7-18(2)13-21)15-23(25)24(29)28-27-16-19-8-5-11-22(26)14-19/h3-14,16,23H,15H2,1-2H3,(H,28,29). The molecule has 0 aliphatic heterocycles. The van der Waals surface area contributed by atoms with E-state index in [1.54, 1.807) is 6.21 Å². The first-order valence-electron chi connectivity index (χ1n) is 9.72. The third kappa shape index (κ3) is 4.03. The van der Waals surface area contributed by atoms with Gasteiger partial charge in [-0.3, -0.25) is 4.79 Å². The van der Waals surface area contributed by atoms with E-state index in [0.717, 1.165) is 16.5 Å². The maximum Gasteiger partial charge on any atom is 0.244 e. The third-order valence-electron chi connectivity index (χ3n) is 5.58. The number of hydrogen-bond donors (Lipinski definition) is 1. The highest BCUT2D eigenvalue weighted by molar-refractivity contribution is 9.10. The fourth-order valence-corrected chi connectivity index (χ4v) is 4.48. The average Bonchev–Trinajstić information content (AvgIpc) is 3.45. The zero-order chi connectivity index (χ0) is 20.4. The van der Waals surface area contributed by atoms with Crippen molar-refractivity contribution in [1.29, 1.82) is 0 Å². The van der Waals surface area contributed by atoms with Crippen molar-refractivity contribution in [3.05, 3.63) is 105 Å². The molecule has 0 spiro atoms. The summed E-state index contributed by atoms with van der Waals surface area (Å²) in [6, 6.07) is 24.8. The Labute approximate surface area is 180 Å². The Morgan fingerprint density at radius 3 is 2.21 bits per heavy atom. The Morgan fingerprint density at radius 1 is 1.00 bits per heavy atom. The highest BCUT2D eigenvalue weighted by atomic mass is 79.9. The van der Waals surface area contributed by atoms with Gasteiger partial charge in [0.15, 0.2) is 0 Å². The summed E-state index contributed by atoms with van der Waals surface area (Å²) in [7, 11) is 0. The van der Waals surface area contributed by atoms with Gasteiger partial charge in [0.25, 0.3) is 0 Å². The second-order valence-corrected chi connectivity index (χ2v) is 8.67. The molecule has 0 saturated heterocycles. The fourth-order valence-electron chi connectivity index (χ4n) is 4.06. The van der Waals surface area contributed by atoms with E-state index in [9.17, 15) is 4.79 Å². The maximum absolute atomic E-state index is 13.0. The molecule has 0 heterocycles. The Morgan fingerprint density at radius 2 is 1.62 bits per heavy atom. The van der Waals surface area contributed by atoms with Gasteiger partial charge >= 0.3 is 0 Å². The van der Waals surface area contributed by atoms with Gasteiger partial charge in [-0.15, -0.1) is 0 Å². The maximum atomic E-state index is 13.0. The predicted molar refractivity (Wildman–Crippen MR) is 121 cm³/mol. The van der Waals surface area contributed by atoms with E-state index in [-0.39, 0.29) is 17.2 Å². The third-order valence-corrected chi connectivity index (χ3v) is 6.07. The van der Waals surface area contributed by atoms with Crippen molar-refractivity contribution in [2.45, 2.75) is 25.7 Å². The van der Waals surface area contributed by atoms with E-state index in [1.165, 1.54) is 22.3 Å². The summed E-state index contributed by atoms with van der Waals surface area (Å²) in [4.78, 5) is 13.0. The number of hydrogen-bond acceptors (Lipinski definition) is 2. The van der Waals surface area contributed by atoms with Crippen molar-refractivity contribution in [2.75, 3.05) is 0 Å². The number of carbonyl (C=O) groups is 1. The van der Waals surface area contributed by atoms with Gasteiger partial charge in [-0.2, -0.15) is 5.10 Å². The monoisotopic (exact) mass is 446 g/mol. The van der Waals surface area contributed by atoms with Crippen LogP contribution in [0.1, 0.15) is 34.2 Å². The summed E-state index contributed by atoms with van der Waals surface area (Å²) in [5.41, 5.74) is 8.19. The van der Waals surface area contributed by atoms with E-state index in [1.807, 2.05) is 24.3 Å². The van der Waals surface area contributed by atoms with Crippen LogP contribution < -0.4 is 5.43 Å². The number of nitrogens with one attached hydrogen (secondary N) is 1. The minimum Gasteiger partial charge on any atom is -0.273 e. The summed E-state index contributed by atoms with van der Waals surface area (Å²) < 4.78 is 0.980. The lowest BCUT2D eigenvalue weighted by atomic mass is 9.84. The number of hydrazone groups is 1. The smallest absolute Gasteiger partial charge is 0.244 e. The van der Waals surface area contributed by atoms with Gasteiger partial charge in [0.05, 0.1) is 12.1 Å². The number of carbonyl (C=O) groups excluding carboxylic acids is 1. The SMILES string of the molecule is Cc1cccc(C2(c3cccc(C)c3)CC2C(=O)NN=Cc2cccc(Br)c2)c1. The van der Waals surface area contributed by atoms with Gasteiger partial charge in [-0.1, -0.05) is 87.7 Å². The van der Waals surface area contributed by atoms with Crippen LogP contribution in [-0.4, -0.2) is 12.1 Å². The van der Waals surface area contributed by atoms with Crippen LogP contribution >= 0.6 is 15.9 Å². The summed E-state index contributed by atoms with van der Waals surface area (Å²) in [6.45, 7) is 4.18. The lowest BCUT2D eigenvalue weighted by molar-refractivity contribution is -0.122. The van der Waals surface area contributed by atoms with Crippen molar-refractivity contribution in [1.82, 2.24) is 5.43 Å². The molecule has 4 heteroatoms. The molecule has 29 heavy (non-hydrogen) atoms. The minimum absolute atomic E-state index is 0.0424. The average molecular weight is 447 g/mol. The molecule has 0 aromatic heterocycles. The van der Waals surface area contributed by atoms with Crippen LogP contribution in [0.15, 0.2) is 82.4 Å². The molecule has 1 atom stereocenters. The molecule has 146 valence electrons. The van der Waals surface area contributed by atoms with Crippen LogP contribution in [0.5, 0.6) is 0 Å². The number of rotatable bonds is 5. The van der Waals surface area contributed by atoms with Gasteiger partial charge in [-0.05, 0) is 49.1 Å². The summed E-state index contributed by atoms with van der Waals surface area (Å²) in [5.74, 6) is -0.176. The first-order valence-corrected chi connectivity index (χ1v) is 10.5. The molecule has 4 rings (SSSR count). The number of aryl methyl sites for hydroxylation is 2. The normalized spacial score (nSPS) is 17.3. The highest BCUT2D eigenvalue weighted by Gasteiger charge is 2.60. The number of halogens is 1. The van der Waals surface area contributed by atoms with Crippen molar-refractivity contribution in [2.24, 2.45) is 11.0 Å². The van der Waals surface area contributed by atoms with Crippen molar-refractivity contribution >= 4 is 28.1 Å². The van der Waals surface area contributed by atoms with Crippen LogP contribution in [0.3, 0.4) is 0 Å². The van der Waals surface area contributed by atoms with Gasteiger partial charge in [-0.25, -0.2) is 5.43 Å². The van der Waals surface area contributed by atoms with E-state index in [2.05, 4.69) is 88.8 Å². The van der Waals surface area contributed by atoms with Crippen LogP contribution in [0.2, 0.25) is 0 Å². The molecular weight excluding hydrogens is 424 g/mol. The second kappa shape index (κ2) is 7.96. The summed E-state index contributed by atoms with van der Waals surface area (Å²) >= 11 is 3.45. The fraction of sp³-hybridized carbons (Fsp3) is 0.200. The van der Waals surface area contributed by atoms with Crippen LogP contribution in [0.4, 0.5) is 0 Å². The van der Waals surface area contributed by atoms with E-state index in [4.69, 9.17) is 0 Å². The van der Waals surface area contributed by atoms with Crippen LogP contribution in [-0.2, 0) is 10.2 Å². The molecule has 3 aromatic carbocycles.